The predicted octanol–water partition coefficient (Wildman–Crippen LogP) is 2.44. The molecular weight excluding hydrogens is 238 g/mol. The summed E-state index contributed by atoms with van der Waals surface area (Å²) < 4.78 is 1.72. The van der Waals surface area contributed by atoms with Gasteiger partial charge in [-0.3, -0.25) is 0 Å². The van der Waals surface area contributed by atoms with E-state index in [1.807, 2.05) is 6.92 Å². The molecule has 0 radical (unpaired) electrons. The lowest BCUT2D eigenvalue weighted by molar-refractivity contribution is 0.738. The highest BCUT2D eigenvalue weighted by molar-refractivity contribution is 6.30. The summed E-state index contributed by atoms with van der Waals surface area (Å²) in [5, 5.41) is 8.19. The van der Waals surface area contributed by atoms with E-state index in [9.17, 15) is 0 Å². The summed E-state index contributed by atoms with van der Waals surface area (Å²) in [5.41, 5.74) is 0.927. The van der Waals surface area contributed by atoms with Crippen LogP contribution in [-0.4, -0.2) is 25.6 Å². The Bertz CT molecular complexity index is 544. The molecule has 2 heterocycles. The number of aromatic nitrogens is 4. The number of hydrogen-bond acceptors (Lipinski definition) is 4. The minimum absolute atomic E-state index is 0.492. The van der Waals surface area contributed by atoms with Gasteiger partial charge >= 0.3 is 0 Å². The molecule has 1 saturated carbocycles. The van der Waals surface area contributed by atoms with Crippen molar-refractivity contribution < 1.29 is 0 Å². The fourth-order valence-electron chi connectivity index (χ4n) is 2.33. The first kappa shape index (κ1) is 10.8. The third-order valence-electron chi connectivity index (χ3n) is 3.30. The average Bonchev–Trinajstić information content (AvgIpc) is 2.94. The molecule has 0 aromatic carbocycles. The van der Waals surface area contributed by atoms with Crippen molar-refractivity contribution >= 4 is 23.2 Å². The topological polar surface area (TPSA) is 55.1 Å². The summed E-state index contributed by atoms with van der Waals surface area (Å²) >= 11 is 6.10. The van der Waals surface area contributed by atoms with E-state index in [0.29, 0.717) is 17.0 Å². The van der Waals surface area contributed by atoms with Gasteiger partial charge in [0, 0.05) is 11.6 Å². The van der Waals surface area contributed by atoms with E-state index in [0.717, 1.165) is 11.4 Å². The van der Waals surface area contributed by atoms with Crippen LogP contribution in [0, 0.1) is 6.92 Å². The molecule has 1 aliphatic carbocycles. The van der Waals surface area contributed by atoms with Crippen LogP contribution in [0.15, 0.2) is 6.33 Å². The lowest BCUT2D eigenvalue weighted by Crippen LogP contribution is -2.18. The van der Waals surface area contributed by atoms with E-state index < -0.39 is 0 Å². The van der Waals surface area contributed by atoms with E-state index in [1.165, 1.54) is 32.0 Å². The summed E-state index contributed by atoms with van der Waals surface area (Å²) in [6.45, 7) is 1.95. The number of nitrogens with one attached hydrogen (secondary N) is 1. The van der Waals surface area contributed by atoms with Gasteiger partial charge in [0.15, 0.2) is 0 Å². The van der Waals surface area contributed by atoms with Crippen LogP contribution in [-0.2, 0) is 0 Å². The molecule has 5 nitrogen and oxygen atoms in total. The van der Waals surface area contributed by atoms with E-state index in [-0.39, 0.29) is 0 Å². The second kappa shape index (κ2) is 4.14. The minimum atomic E-state index is 0.492. The van der Waals surface area contributed by atoms with Crippen LogP contribution in [0.5, 0.6) is 0 Å². The minimum Gasteiger partial charge on any atom is -0.367 e. The second-order valence-corrected chi connectivity index (χ2v) is 4.83. The Morgan fingerprint density at radius 2 is 2.18 bits per heavy atom. The predicted molar refractivity (Wildman–Crippen MR) is 66.4 cm³/mol. The van der Waals surface area contributed by atoms with Crippen molar-refractivity contribution in [1.29, 1.82) is 0 Å². The van der Waals surface area contributed by atoms with Crippen LogP contribution in [0.1, 0.15) is 31.2 Å². The number of halogens is 1. The lowest BCUT2D eigenvalue weighted by atomic mass is 10.2. The van der Waals surface area contributed by atoms with Gasteiger partial charge in [-0.05, 0) is 19.8 Å². The first-order chi connectivity index (χ1) is 8.25. The molecule has 2 aromatic heterocycles. The second-order valence-electron chi connectivity index (χ2n) is 4.47. The fourth-order valence-corrected chi connectivity index (χ4v) is 2.50. The van der Waals surface area contributed by atoms with Gasteiger partial charge in [0.2, 0.25) is 0 Å². The largest absolute Gasteiger partial charge is 0.367 e. The van der Waals surface area contributed by atoms with Crippen LogP contribution in [0.4, 0.5) is 5.82 Å². The van der Waals surface area contributed by atoms with E-state index in [2.05, 4.69) is 20.4 Å². The van der Waals surface area contributed by atoms with E-state index >= 15 is 0 Å². The van der Waals surface area contributed by atoms with Crippen LogP contribution >= 0.6 is 11.6 Å². The van der Waals surface area contributed by atoms with Crippen molar-refractivity contribution in [2.24, 2.45) is 0 Å². The van der Waals surface area contributed by atoms with Crippen LogP contribution in [0.3, 0.4) is 0 Å². The number of rotatable bonds is 2. The quantitative estimate of drug-likeness (QED) is 0.833. The van der Waals surface area contributed by atoms with Crippen molar-refractivity contribution in [2.75, 3.05) is 5.32 Å². The molecule has 17 heavy (non-hydrogen) atoms. The SMILES string of the molecule is Cc1c(Cl)nc2ncnn2c1NC1CCCC1. The Kier molecular flexibility index (Phi) is 2.63. The van der Waals surface area contributed by atoms with Crippen molar-refractivity contribution in [2.45, 2.75) is 38.6 Å². The fraction of sp³-hybridized carbons (Fsp3) is 0.545. The molecule has 0 saturated heterocycles. The van der Waals surface area contributed by atoms with Gasteiger partial charge in [-0.2, -0.15) is 19.6 Å². The van der Waals surface area contributed by atoms with Gasteiger partial charge in [-0.15, -0.1) is 0 Å². The normalized spacial score (nSPS) is 16.8. The Morgan fingerprint density at radius 3 is 2.94 bits per heavy atom. The Balaban J connectivity index is 2.05. The third-order valence-corrected chi connectivity index (χ3v) is 3.67. The lowest BCUT2D eigenvalue weighted by Gasteiger charge is -2.16. The highest BCUT2D eigenvalue weighted by atomic mass is 35.5. The molecule has 0 amide bonds. The maximum Gasteiger partial charge on any atom is 0.255 e. The van der Waals surface area contributed by atoms with Gasteiger partial charge < -0.3 is 5.32 Å². The monoisotopic (exact) mass is 251 g/mol. The average molecular weight is 252 g/mol. The van der Waals surface area contributed by atoms with Crippen LogP contribution < -0.4 is 5.32 Å². The molecule has 0 spiro atoms. The highest BCUT2D eigenvalue weighted by Gasteiger charge is 2.19. The first-order valence-electron chi connectivity index (χ1n) is 5.88. The Morgan fingerprint density at radius 1 is 1.41 bits per heavy atom. The molecule has 0 bridgehead atoms. The van der Waals surface area contributed by atoms with Crippen LogP contribution in [0.25, 0.3) is 5.78 Å². The summed E-state index contributed by atoms with van der Waals surface area (Å²) in [5.74, 6) is 1.46. The first-order valence-corrected chi connectivity index (χ1v) is 6.26. The molecular formula is C11H14ClN5. The maximum atomic E-state index is 6.10. The van der Waals surface area contributed by atoms with E-state index in [1.54, 1.807) is 4.52 Å². The van der Waals surface area contributed by atoms with Crippen molar-refractivity contribution in [3.63, 3.8) is 0 Å². The standard InChI is InChI=1S/C11H14ClN5/c1-7-9(12)16-11-13-6-14-17(11)10(7)15-8-4-2-3-5-8/h6,8,15H,2-5H2,1H3. The smallest absolute Gasteiger partial charge is 0.255 e. The molecule has 6 heteroatoms. The van der Waals surface area contributed by atoms with Crippen molar-refractivity contribution in [3.05, 3.63) is 17.0 Å². The summed E-state index contributed by atoms with van der Waals surface area (Å²) in [4.78, 5) is 8.26. The molecule has 1 aliphatic rings. The van der Waals surface area contributed by atoms with Crippen LogP contribution in [0.2, 0.25) is 5.15 Å². The molecule has 3 rings (SSSR count). The van der Waals surface area contributed by atoms with E-state index in [4.69, 9.17) is 11.6 Å². The van der Waals surface area contributed by atoms with Gasteiger partial charge in [0.25, 0.3) is 5.78 Å². The summed E-state index contributed by atoms with van der Waals surface area (Å²) in [7, 11) is 0. The molecule has 1 N–H and O–H groups in total. The van der Waals surface area contributed by atoms with Gasteiger partial charge in [0.1, 0.15) is 17.3 Å². The zero-order valence-corrected chi connectivity index (χ0v) is 10.4. The van der Waals surface area contributed by atoms with Gasteiger partial charge in [-0.1, -0.05) is 24.4 Å². The Labute approximate surface area is 104 Å². The third kappa shape index (κ3) is 1.84. The van der Waals surface area contributed by atoms with Gasteiger partial charge in [0.05, 0.1) is 0 Å². The highest BCUT2D eigenvalue weighted by Crippen LogP contribution is 2.26. The van der Waals surface area contributed by atoms with Crippen molar-refractivity contribution in [1.82, 2.24) is 19.6 Å². The molecule has 0 atom stereocenters. The maximum absolute atomic E-state index is 6.10. The number of fused-ring (bicyclic) bond motifs is 1. The summed E-state index contributed by atoms with van der Waals surface area (Å²) in [6, 6.07) is 0.513. The summed E-state index contributed by atoms with van der Waals surface area (Å²) in [6.07, 6.45) is 6.48. The number of anilines is 1. The van der Waals surface area contributed by atoms with Gasteiger partial charge in [-0.25, -0.2) is 0 Å². The number of hydrogen-bond donors (Lipinski definition) is 1. The molecule has 90 valence electrons. The molecule has 2 aromatic rings. The molecule has 0 aliphatic heterocycles. The molecule has 1 fully saturated rings. The molecule has 0 unspecified atom stereocenters. The zero-order chi connectivity index (χ0) is 11.8. The number of nitrogens with zero attached hydrogens (tertiary/aromatic N) is 4. The zero-order valence-electron chi connectivity index (χ0n) is 9.65. The Hall–Kier alpha value is -1.36. The van der Waals surface area contributed by atoms with Crippen molar-refractivity contribution in [3.8, 4) is 0 Å².